The highest BCUT2D eigenvalue weighted by molar-refractivity contribution is 9.10. The summed E-state index contributed by atoms with van der Waals surface area (Å²) in [5.41, 5.74) is 5.49. The van der Waals surface area contributed by atoms with Crippen LogP contribution in [0.5, 0.6) is 0 Å². The zero-order valence-corrected chi connectivity index (χ0v) is 16.9. The zero-order valence-electron chi connectivity index (χ0n) is 15.3. The van der Waals surface area contributed by atoms with Crippen LogP contribution in [0.25, 0.3) is 0 Å². The van der Waals surface area contributed by atoms with Crippen LogP contribution >= 0.6 is 15.9 Å². The summed E-state index contributed by atoms with van der Waals surface area (Å²) >= 11 is 3.50. The Kier molecular flexibility index (Phi) is 6.69. The van der Waals surface area contributed by atoms with Crippen molar-refractivity contribution in [2.45, 2.75) is 64.7 Å². The molecule has 1 aliphatic rings. The topological polar surface area (TPSA) is 24.1 Å². The molecule has 0 aromatic heterocycles. The predicted octanol–water partition coefficient (Wildman–Crippen LogP) is 5.26. The van der Waals surface area contributed by atoms with Crippen LogP contribution in [0.15, 0.2) is 46.9 Å². The average Bonchev–Trinajstić information content (AvgIpc) is 2.63. The fraction of sp³-hybridized carbons (Fsp3) is 0.455. The molecule has 0 radical (unpaired) electrons. The summed E-state index contributed by atoms with van der Waals surface area (Å²) in [5, 5.41) is 7.60. The second kappa shape index (κ2) is 8.98. The molecule has 0 spiro atoms. The minimum Gasteiger partial charge on any atom is -0.308 e. The van der Waals surface area contributed by atoms with E-state index in [1.165, 1.54) is 47.9 Å². The Bertz CT molecular complexity index is 681. The monoisotopic (exact) mass is 400 g/mol. The number of halogens is 1. The predicted molar refractivity (Wildman–Crippen MR) is 110 cm³/mol. The fourth-order valence-corrected chi connectivity index (χ4v) is 3.90. The largest absolute Gasteiger partial charge is 0.308 e. The van der Waals surface area contributed by atoms with E-state index in [-0.39, 0.29) is 0 Å². The summed E-state index contributed by atoms with van der Waals surface area (Å²) in [7, 11) is 0. The van der Waals surface area contributed by atoms with Gasteiger partial charge in [-0.2, -0.15) is 0 Å². The van der Waals surface area contributed by atoms with Crippen LogP contribution in [0.4, 0.5) is 0 Å². The van der Waals surface area contributed by atoms with Gasteiger partial charge in [-0.15, -0.1) is 0 Å². The molecule has 2 atom stereocenters. The van der Waals surface area contributed by atoms with Crippen molar-refractivity contribution >= 4 is 15.9 Å². The van der Waals surface area contributed by atoms with Gasteiger partial charge in [0.1, 0.15) is 0 Å². The van der Waals surface area contributed by atoms with Crippen LogP contribution in [-0.2, 0) is 13.1 Å². The SMILES string of the molecule is Cc1ccc(CNC2CCCCC2NCc2ccc(Br)cc2)cc1C. The van der Waals surface area contributed by atoms with Crippen LogP contribution in [0.1, 0.15) is 47.9 Å². The molecule has 0 saturated heterocycles. The number of aryl methyl sites for hydroxylation is 2. The van der Waals surface area contributed by atoms with E-state index >= 15 is 0 Å². The standard InChI is InChI=1S/C22H29BrN2/c1-16-7-8-19(13-17(16)2)15-25-22-6-4-3-5-21(22)24-14-18-9-11-20(23)12-10-18/h7-13,21-22,24-25H,3-6,14-15H2,1-2H3. The summed E-state index contributed by atoms with van der Waals surface area (Å²) in [5.74, 6) is 0. The number of hydrogen-bond acceptors (Lipinski definition) is 2. The van der Waals surface area contributed by atoms with E-state index < -0.39 is 0 Å². The van der Waals surface area contributed by atoms with Crippen molar-refractivity contribution in [1.82, 2.24) is 10.6 Å². The molecule has 0 aliphatic heterocycles. The first-order valence-electron chi connectivity index (χ1n) is 9.39. The van der Waals surface area contributed by atoms with E-state index in [0.717, 1.165) is 17.6 Å². The van der Waals surface area contributed by atoms with Crippen molar-refractivity contribution in [3.8, 4) is 0 Å². The van der Waals surface area contributed by atoms with Crippen LogP contribution < -0.4 is 10.6 Å². The van der Waals surface area contributed by atoms with E-state index in [1.54, 1.807) is 0 Å². The highest BCUT2D eigenvalue weighted by Crippen LogP contribution is 2.20. The Hall–Kier alpha value is -1.16. The van der Waals surface area contributed by atoms with Gasteiger partial charge in [-0.25, -0.2) is 0 Å². The first-order chi connectivity index (χ1) is 12.1. The van der Waals surface area contributed by atoms with Gasteiger partial charge < -0.3 is 10.6 Å². The first kappa shape index (κ1) is 18.6. The van der Waals surface area contributed by atoms with Gasteiger partial charge in [-0.05, 0) is 61.1 Å². The van der Waals surface area contributed by atoms with E-state index in [0.29, 0.717) is 12.1 Å². The lowest BCUT2D eigenvalue weighted by Crippen LogP contribution is -2.49. The third-order valence-electron chi connectivity index (χ3n) is 5.39. The molecule has 0 heterocycles. The van der Waals surface area contributed by atoms with Crippen LogP contribution in [0.2, 0.25) is 0 Å². The van der Waals surface area contributed by atoms with Crippen LogP contribution in [-0.4, -0.2) is 12.1 Å². The molecule has 1 aliphatic carbocycles. The van der Waals surface area contributed by atoms with E-state index in [9.17, 15) is 0 Å². The summed E-state index contributed by atoms with van der Waals surface area (Å²) in [6.45, 7) is 6.28. The Labute approximate surface area is 160 Å². The van der Waals surface area contributed by atoms with Gasteiger partial charge in [0.15, 0.2) is 0 Å². The van der Waals surface area contributed by atoms with E-state index in [2.05, 4.69) is 82.9 Å². The molecule has 2 aromatic rings. The van der Waals surface area contributed by atoms with Crippen LogP contribution in [0.3, 0.4) is 0 Å². The molecule has 0 amide bonds. The van der Waals surface area contributed by atoms with Crippen molar-refractivity contribution in [1.29, 1.82) is 0 Å². The smallest absolute Gasteiger partial charge is 0.0224 e. The maximum absolute atomic E-state index is 3.81. The molecule has 25 heavy (non-hydrogen) atoms. The molecule has 1 saturated carbocycles. The van der Waals surface area contributed by atoms with Crippen molar-refractivity contribution in [3.63, 3.8) is 0 Å². The lowest BCUT2D eigenvalue weighted by molar-refractivity contribution is 0.281. The normalized spacial score (nSPS) is 20.6. The molecule has 2 aromatic carbocycles. The fourth-order valence-electron chi connectivity index (χ4n) is 3.63. The second-order valence-corrected chi connectivity index (χ2v) is 8.22. The summed E-state index contributed by atoms with van der Waals surface area (Å²) in [6, 6.07) is 16.5. The van der Waals surface area contributed by atoms with Gasteiger partial charge in [0.05, 0.1) is 0 Å². The minimum atomic E-state index is 0.559. The zero-order chi connectivity index (χ0) is 17.6. The third kappa shape index (κ3) is 5.40. The Morgan fingerprint density at radius 1 is 0.800 bits per heavy atom. The molecule has 2 N–H and O–H groups in total. The Morgan fingerprint density at radius 3 is 1.96 bits per heavy atom. The number of hydrogen-bond donors (Lipinski definition) is 2. The molecule has 3 heteroatoms. The van der Waals surface area contributed by atoms with Gasteiger partial charge in [0.2, 0.25) is 0 Å². The summed E-state index contributed by atoms with van der Waals surface area (Å²) < 4.78 is 1.14. The molecule has 2 unspecified atom stereocenters. The average molecular weight is 401 g/mol. The Balaban J connectivity index is 1.54. The number of rotatable bonds is 6. The lowest BCUT2D eigenvalue weighted by atomic mass is 9.90. The molecule has 134 valence electrons. The highest BCUT2D eigenvalue weighted by atomic mass is 79.9. The first-order valence-corrected chi connectivity index (χ1v) is 10.2. The summed E-state index contributed by atoms with van der Waals surface area (Å²) in [4.78, 5) is 0. The van der Waals surface area contributed by atoms with Crippen molar-refractivity contribution < 1.29 is 0 Å². The van der Waals surface area contributed by atoms with Crippen LogP contribution in [0, 0.1) is 13.8 Å². The quantitative estimate of drug-likeness (QED) is 0.690. The molecular formula is C22H29BrN2. The van der Waals surface area contributed by atoms with E-state index in [4.69, 9.17) is 0 Å². The maximum atomic E-state index is 3.81. The molecule has 1 fully saturated rings. The van der Waals surface area contributed by atoms with Crippen molar-refractivity contribution in [2.24, 2.45) is 0 Å². The van der Waals surface area contributed by atoms with Crippen molar-refractivity contribution in [3.05, 3.63) is 69.2 Å². The highest BCUT2D eigenvalue weighted by Gasteiger charge is 2.24. The van der Waals surface area contributed by atoms with Gasteiger partial charge >= 0.3 is 0 Å². The Morgan fingerprint density at radius 2 is 1.36 bits per heavy atom. The molecule has 0 bridgehead atoms. The van der Waals surface area contributed by atoms with Gasteiger partial charge in [-0.1, -0.05) is 59.1 Å². The second-order valence-electron chi connectivity index (χ2n) is 7.30. The number of benzene rings is 2. The van der Waals surface area contributed by atoms with Gasteiger partial charge in [0.25, 0.3) is 0 Å². The van der Waals surface area contributed by atoms with Gasteiger partial charge in [0, 0.05) is 29.6 Å². The molecule has 2 nitrogen and oxygen atoms in total. The van der Waals surface area contributed by atoms with E-state index in [1.807, 2.05) is 0 Å². The molecular weight excluding hydrogens is 372 g/mol. The number of nitrogens with one attached hydrogen (secondary N) is 2. The van der Waals surface area contributed by atoms with Gasteiger partial charge in [-0.3, -0.25) is 0 Å². The summed E-state index contributed by atoms with van der Waals surface area (Å²) in [6.07, 6.45) is 5.20. The van der Waals surface area contributed by atoms with Crippen molar-refractivity contribution in [2.75, 3.05) is 0 Å². The molecule has 3 rings (SSSR count). The maximum Gasteiger partial charge on any atom is 0.0224 e. The lowest BCUT2D eigenvalue weighted by Gasteiger charge is -2.33. The third-order valence-corrected chi connectivity index (χ3v) is 5.92. The minimum absolute atomic E-state index is 0.559.